The Kier molecular flexibility index (Phi) is 5.72. The number of amides is 1. The molecule has 2 aromatic carbocycles. The molecule has 1 amide bonds. The Bertz CT molecular complexity index is 743. The molecule has 0 spiro atoms. The summed E-state index contributed by atoms with van der Waals surface area (Å²) in [7, 11) is -2.00. The van der Waals surface area contributed by atoms with Gasteiger partial charge in [-0.05, 0) is 36.4 Å². The first-order valence-electron chi connectivity index (χ1n) is 7.00. The molecule has 0 atom stereocenters. The second kappa shape index (κ2) is 7.75. The van der Waals surface area contributed by atoms with Gasteiger partial charge in [0, 0.05) is 18.7 Å². The van der Waals surface area contributed by atoms with Crippen LogP contribution in [0.1, 0.15) is 10.4 Å². The van der Waals surface area contributed by atoms with Crippen LogP contribution in [0.4, 0.5) is 0 Å². The van der Waals surface area contributed by atoms with E-state index in [1.54, 1.807) is 49.6 Å². The molecule has 7 heteroatoms. The Morgan fingerprint density at radius 3 is 2.26 bits per heavy atom. The van der Waals surface area contributed by atoms with E-state index in [1.807, 2.05) is 0 Å². The molecule has 0 aliphatic rings. The third-order valence-corrected chi connectivity index (χ3v) is 4.59. The predicted molar refractivity (Wildman–Crippen MR) is 87.0 cm³/mol. The zero-order chi connectivity index (χ0) is 16.7. The van der Waals surface area contributed by atoms with Crippen LogP contribution in [0.3, 0.4) is 0 Å². The number of ether oxygens (including phenoxy) is 1. The van der Waals surface area contributed by atoms with Gasteiger partial charge >= 0.3 is 0 Å². The fourth-order valence-corrected chi connectivity index (χ4v) is 2.94. The maximum absolute atomic E-state index is 12.0. The minimum absolute atomic E-state index is 0.110. The van der Waals surface area contributed by atoms with Crippen LogP contribution >= 0.6 is 0 Å². The summed E-state index contributed by atoms with van der Waals surface area (Å²) in [5, 5.41) is 2.65. The molecular formula is C16H18N2O4S. The smallest absolute Gasteiger partial charge is 0.251 e. The van der Waals surface area contributed by atoms with E-state index in [0.29, 0.717) is 11.3 Å². The van der Waals surface area contributed by atoms with Crippen LogP contribution in [-0.2, 0) is 10.0 Å². The van der Waals surface area contributed by atoms with Crippen LogP contribution in [0.2, 0.25) is 0 Å². The van der Waals surface area contributed by atoms with Crippen LogP contribution in [0, 0.1) is 0 Å². The second-order valence-corrected chi connectivity index (χ2v) is 6.46. The summed E-state index contributed by atoms with van der Waals surface area (Å²) in [5.41, 5.74) is 0.483. The van der Waals surface area contributed by atoms with E-state index in [1.165, 1.54) is 12.1 Å². The number of hydrogen-bond donors (Lipinski definition) is 2. The monoisotopic (exact) mass is 334 g/mol. The zero-order valence-corrected chi connectivity index (χ0v) is 13.5. The third-order valence-electron chi connectivity index (χ3n) is 3.11. The molecule has 0 saturated carbocycles. The highest BCUT2D eigenvalue weighted by atomic mass is 32.2. The van der Waals surface area contributed by atoms with Crippen molar-refractivity contribution < 1.29 is 17.9 Å². The molecule has 0 aliphatic carbocycles. The summed E-state index contributed by atoms with van der Waals surface area (Å²) >= 11 is 0. The summed E-state index contributed by atoms with van der Waals surface area (Å²) in [4.78, 5) is 12.1. The van der Waals surface area contributed by atoms with E-state index >= 15 is 0 Å². The summed E-state index contributed by atoms with van der Waals surface area (Å²) in [6.07, 6.45) is 0. The van der Waals surface area contributed by atoms with Gasteiger partial charge in [0.25, 0.3) is 5.91 Å². The van der Waals surface area contributed by atoms with Gasteiger partial charge in [-0.25, -0.2) is 13.1 Å². The lowest BCUT2D eigenvalue weighted by Gasteiger charge is -2.08. The van der Waals surface area contributed by atoms with Gasteiger partial charge in [-0.3, -0.25) is 4.79 Å². The van der Waals surface area contributed by atoms with Gasteiger partial charge in [0.15, 0.2) is 0 Å². The molecular weight excluding hydrogens is 316 g/mol. The summed E-state index contributed by atoms with van der Waals surface area (Å²) in [5.74, 6) is 0.392. The molecule has 0 aromatic heterocycles. The van der Waals surface area contributed by atoms with Crippen LogP contribution in [0.5, 0.6) is 5.75 Å². The maximum atomic E-state index is 12.0. The third kappa shape index (κ3) is 4.80. The fraction of sp³-hybridized carbons (Fsp3) is 0.188. The summed E-state index contributed by atoms with van der Waals surface area (Å²) < 4.78 is 31.4. The number of methoxy groups -OCH3 is 1. The number of nitrogens with one attached hydrogen (secondary N) is 2. The molecule has 2 rings (SSSR count). The lowest BCUT2D eigenvalue weighted by molar-refractivity contribution is 0.0954. The number of carbonyl (C=O) groups excluding carboxylic acids is 1. The van der Waals surface area contributed by atoms with E-state index < -0.39 is 10.0 Å². The molecule has 0 radical (unpaired) electrons. The quantitative estimate of drug-likeness (QED) is 0.750. The summed E-state index contributed by atoms with van der Waals surface area (Å²) in [6.45, 7) is 0.302. The molecule has 6 nitrogen and oxygen atoms in total. The largest absolute Gasteiger partial charge is 0.497 e. The zero-order valence-electron chi connectivity index (χ0n) is 12.7. The van der Waals surface area contributed by atoms with Gasteiger partial charge < -0.3 is 10.1 Å². The average molecular weight is 334 g/mol. The highest BCUT2D eigenvalue weighted by Gasteiger charge is 2.12. The van der Waals surface area contributed by atoms with Crippen LogP contribution < -0.4 is 14.8 Å². The maximum Gasteiger partial charge on any atom is 0.251 e. The SMILES string of the molecule is COc1ccc(C(=O)NCCNS(=O)(=O)c2ccccc2)cc1. The van der Waals surface area contributed by atoms with Crippen molar-refractivity contribution in [1.29, 1.82) is 0 Å². The Morgan fingerprint density at radius 1 is 1.00 bits per heavy atom. The molecule has 23 heavy (non-hydrogen) atoms. The first kappa shape index (κ1) is 17.0. The van der Waals surface area contributed by atoms with Crippen molar-refractivity contribution >= 4 is 15.9 Å². The molecule has 0 saturated heterocycles. The van der Waals surface area contributed by atoms with Crippen molar-refractivity contribution in [3.8, 4) is 5.75 Å². The minimum Gasteiger partial charge on any atom is -0.497 e. The molecule has 0 heterocycles. The van der Waals surface area contributed by atoms with Gasteiger partial charge in [0.2, 0.25) is 10.0 Å². The van der Waals surface area contributed by atoms with E-state index in [0.717, 1.165) is 0 Å². The predicted octanol–water partition coefficient (Wildman–Crippen LogP) is 1.40. The van der Waals surface area contributed by atoms with E-state index in [9.17, 15) is 13.2 Å². The van der Waals surface area contributed by atoms with Gasteiger partial charge in [-0.2, -0.15) is 0 Å². The lowest BCUT2D eigenvalue weighted by Crippen LogP contribution is -2.34. The van der Waals surface area contributed by atoms with Gasteiger partial charge in [-0.1, -0.05) is 18.2 Å². The molecule has 0 bridgehead atoms. The molecule has 2 aromatic rings. The normalized spacial score (nSPS) is 11.0. The first-order chi connectivity index (χ1) is 11.0. The Hall–Kier alpha value is -2.38. The standard InChI is InChI=1S/C16H18N2O4S/c1-22-14-9-7-13(8-10-14)16(19)17-11-12-18-23(20,21)15-5-3-2-4-6-15/h2-10,18H,11-12H2,1H3,(H,17,19). The van der Waals surface area contributed by atoms with E-state index in [4.69, 9.17) is 4.74 Å². The topological polar surface area (TPSA) is 84.5 Å². The number of rotatable bonds is 7. The number of benzene rings is 2. The number of carbonyl (C=O) groups is 1. The number of hydrogen-bond acceptors (Lipinski definition) is 4. The van der Waals surface area contributed by atoms with E-state index in [2.05, 4.69) is 10.0 Å². The van der Waals surface area contributed by atoms with Crippen molar-refractivity contribution in [2.45, 2.75) is 4.90 Å². The van der Waals surface area contributed by atoms with Crippen molar-refractivity contribution in [3.05, 3.63) is 60.2 Å². The van der Waals surface area contributed by atoms with Crippen molar-refractivity contribution in [3.63, 3.8) is 0 Å². The Balaban J connectivity index is 1.81. The van der Waals surface area contributed by atoms with Crippen LogP contribution in [0.15, 0.2) is 59.5 Å². The Morgan fingerprint density at radius 2 is 1.65 bits per heavy atom. The number of sulfonamides is 1. The Labute approximate surface area is 135 Å². The van der Waals surface area contributed by atoms with Crippen LogP contribution in [-0.4, -0.2) is 34.5 Å². The van der Waals surface area contributed by atoms with Crippen molar-refractivity contribution in [1.82, 2.24) is 10.0 Å². The summed E-state index contributed by atoms with van der Waals surface area (Å²) in [6, 6.07) is 14.7. The van der Waals surface area contributed by atoms with Crippen molar-refractivity contribution in [2.24, 2.45) is 0 Å². The molecule has 2 N–H and O–H groups in total. The van der Waals surface area contributed by atoms with E-state index in [-0.39, 0.29) is 23.9 Å². The first-order valence-corrected chi connectivity index (χ1v) is 8.48. The lowest BCUT2D eigenvalue weighted by atomic mass is 10.2. The van der Waals surface area contributed by atoms with Crippen LogP contribution in [0.25, 0.3) is 0 Å². The van der Waals surface area contributed by atoms with Gasteiger partial charge in [0.05, 0.1) is 12.0 Å². The minimum atomic E-state index is -3.55. The van der Waals surface area contributed by atoms with Gasteiger partial charge in [-0.15, -0.1) is 0 Å². The van der Waals surface area contributed by atoms with Crippen molar-refractivity contribution in [2.75, 3.05) is 20.2 Å². The average Bonchev–Trinajstić information content (AvgIpc) is 2.59. The highest BCUT2D eigenvalue weighted by Crippen LogP contribution is 2.11. The van der Waals surface area contributed by atoms with Gasteiger partial charge in [0.1, 0.15) is 5.75 Å². The fourth-order valence-electron chi connectivity index (χ4n) is 1.89. The second-order valence-electron chi connectivity index (χ2n) is 4.70. The molecule has 0 fully saturated rings. The highest BCUT2D eigenvalue weighted by molar-refractivity contribution is 7.89. The molecule has 122 valence electrons. The molecule has 0 aliphatic heterocycles. The molecule has 0 unspecified atom stereocenters.